The Kier molecular flexibility index (Phi) is 6.29. The normalized spacial score (nSPS) is 15.3. The van der Waals surface area contributed by atoms with Gasteiger partial charge in [-0.2, -0.15) is 0 Å². The first-order valence-electron chi connectivity index (χ1n) is 7.07. The minimum absolute atomic E-state index is 0.142. The van der Waals surface area contributed by atoms with E-state index in [4.69, 9.17) is 21.1 Å². The van der Waals surface area contributed by atoms with E-state index in [9.17, 15) is 4.79 Å². The van der Waals surface area contributed by atoms with Gasteiger partial charge >= 0.3 is 0 Å². The molecule has 0 N–H and O–H groups in total. The molecule has 0 aliphatic carbocycles. The molecular formula is C15H21ClN2O3. The van der Waals surface area contributed by atoms with Crippen LogP contribution in [-0.4, -0.2) is 68.8 Å². The topological polar surface area (TPSA) is 42.0 Å². The highest BCUT2D eigenvalue weighted by atomic mass is 35.5. The third kappa shape index (κ3) is 5.53. The lowest BCUT2D eigenvalue weighted by molar-refractivity contribution is -0.136. The van der Waals surface area contributed by atoms with E-state index in [1.54, 1.807) is 6.07 Å². The van der Waals surface area contributed by atoms with Crippen molar-refractivity contribution in [3.63, 3.8) is 0 Å². The van der Waals surface area contributed by atoms with Crippen LogP contribution in [0.25, 0.3) is 0 Å². The van der Waals surface area contributed by atoms with Crippen molar-refractivity contribution in [2.75, 3.05) is 53.0 Å². The van der Waals surface area contributed by atoms with Crippen molar-refractivity contribution in [3.8, 4) is 5.75 Å². The molecule has 0 saturated carbocycles. The van der Waals surface area contributed by atoms with Crippen molar-refractivity contribution in [3.05, 3.63) is 29.3 Å². The Morgan fingerprint density at radius 2 is 2.19 bits per heavy atom. The molecule has 1 heterocycles. The third-order valence-corrected chi connectivity index (χ3v) is 3.54. The minimum Gasteiger partial charge on any atom is -0.492 e. The van der Waals surface area contributed by atoms with E-state index in [1.807, 2.05) is 35.0 Å². The van der Waals surface area contributed by atoms with Gasteiger partial charge in [0.15, 0.2) is 0 Å². The number of morpholine rings is 1. The molecule has 1 aliphatic heterocycles. The summed E-state index contributed by atoms with van der Waals surface area (Å²) in [5.41, 5.74) is 0. The summed E-state index contributed by atoms with van der Waals surface area (Å²) < 4.78 is 10.9. The van der Waals surface area contributed by atoms with Crippen molar-refractivity contribution in [1.82, 2.24) is 9.80 Å². The molecule has 2 rings (SSSR count). The highest BCUT2D eigenvalue weighted by molar-refractivity contribution is 6.30. The number of halogens is 1. The molecule has 1 aromatic rings. The Hall–Kier alpha value is -1.30. The molecule has 0 unspecified atom stereocenters. The summed E-state index contributed by atoms with van der Waals surface area (Å²) in [5.74, 6) is 0.888. The van der Waals surface area contributed by atoms with E-state index in [0.717, 1.165) is 5.75 Å². The van der Waals surface area contributed by atoms with Crippen molar-refractivity contribution >= 4 is 17.5 Å². The van der Waals surface area contributed by atoms with Crippen LogP contribution in [0.5, 0.6) is 5.75 Å². The number of amides is 1. The summed E-state index contributed by atoms with van der Waals surface area (Å²) in [5, 5.41) is 0.656. The van der Waals surface area contributed by atoms with Gasteiger partial charge < -0.3 is 14.4 Å². The molecule has 1 fully saturated rings. The standard InChI is InChI=1S/C15H21ClN2O3/c1-17(12-15(19)18-6-8-20-9-7-18)5-10-21-14-4-2-3-13(16)11-14/h2-4,11H,5-10,12H2,1H3. The van der Waals surface area contributed by atoms with Gasteiger partial charge in [-0.1, -0.05) is 17.7 Å². The molecular weight excluding hydrogens is 292 g/mol. The fourth-order valence-electron chi connectivity index (χ4n) is 2.10. The number of nitrogens with zero attached hydrogens (tertiary/aromatic N) is 2. The maximum absolute atomic E-state index is 12.1. The van der Waals surface area contributed by atoms with Crippen LogP contribution in [0.3, 0.4) is 0 Å². The van der Waals surface area contributed by atoms with Gasteiger partial charge in [0.2, 0.25) is 5.91 Å². The molecule has 1 aromatic carbocycles. The Balaban J connectivity index is 1.67. The number of hydrogen-bond donors (Lipinski definition) is 0. The predicted octanol–water partition coefficient (Wildman–Crippen LogP) is 1.51. The highest BCUT2D eigenvalue weighted by Crippen LogP contribution is 2.16. The molecule has 116 valence electrons. The van der Waals surface area contributed by atoms with Gasteiger partial charge in [-0.05, 0) is 25.2 Å². The molecule has 0 radical (unpaired) electrons. The molecule has 21 heavy (non-hydrogen) atoms. The molecule has 0 atom stereocenters. The van der Waals surface area contributed by atoms with E-state index in [-0.39, 0.29) is 5.91 Å². The van der Waals surface area contributed by atoms with E-state index >= 15 is 0 Å². The number of likely N-dealkylation sites (N-methyl/N-ethyl adjacent to an activating group) is 1. The van der Waals surface area contributed by atoms with Crippen LogP contribution in [-0.2, 0) is 9.53 Å². The van der Waals surface area contributed by atoms with E-state index in [0.29, 0.717) is 51.0 Å². The number of hydrogen-bond acceptors (Lipinski definition) is 4. The maximum atomic E-state index is 12.1. The third-order valence-electron chi connectivity index (χ3n) is 3.31. The lowest BCUT2D eigenvalue weighted by Gasteiger charge is -2.28. The van der Waals surface area contributed by atoms with Gasteiger partial charge in [-0.15, -0.1) is 0 Å². The van der Waals surface area contributed by atoms with Crippen molar-refractivity contribution in [1.29, 1.82) is 0 Å². The zero-order valence-electron chi connectivity index (χ0n) is 12.3. The number of benzene rings is 1. The van der Waals surface area contributed by atoms with Gasteiger partial charge in [0, 0.05) is 24.7 Å². The highest BCUT2D eigenvalue weighted by Gasteiger charge is 2.17. The predicted molar refractivity (Wildman–Crippen MR) is 81.8 cm³/mol. The van der Waals surface area contributed by atoms with Crippen LogP contribution < -0.4 is 4.74 Å². The summed E-state index contributed by atoms with van der Waals surface area (Å²) in [6.45, 7) is 4.24. The second-order valence-corrected chi connectivity index (χ2v) is 5.47. The number of carbonyl (C=O) groups excluding carboxylic acids is 1. The Bertz CT molecular complexity index is 464. The fraction of sp³-hybridized carbons (Fsp3) is 0.533. The first-order valence-corrected chi connectivity index (χ1v) is 7.45. The second kappa shape index (κ2) is 8.22. The zero-order chi connectivity index (χ0) is 15.1. The summed E-state index contributed by atoms with van der Waals surface area (Å²) in [4.78, 5) is 15.9. The lowest BCUT2D eigenvalue weighted by Crippen LogP contribution is -2.45. The van der Waals surface area contributed by atoms with E-state index < -0.39 is 0 Å². The molecule has 0 aromatic heterocycles. The lowest BCUT2D eigenvalue weighted by atomic mass is 10.3. The van der Waals surface area contributed by atoms with Crippen molar-refractivity contribution in [2.24, 2.45) is 0 Å². The van der Waals surface area contributed by atoms with Crippen LogP contribution in [0, 0.1) is 0 Å². The van der Waals surface area contributed by atoms with Gasteiger partial charge in [-0.3, -0.25) is 9.69 Å². The average Bonchev–Trinajstić information content (AvgIpc) is 2.48. The number of rotatable bonds is 6. The minimum atomic E-state index is 0.142. The first-order chi connectivity index (χ1) is 10.1. The molecule has 1 amide bonds. The maximum Gasteiger partial charge on any atom is 0.236 e. The number of ether oxygens (including phenoxy) is 2. The second-order valence-electron chi connectivity index (χ2n) is 5.04. The zero-order valence-corrected chi connectivity index (χ0v) is 13.0. The number of carbonyl (C=O) groups is 1. The molecule has 1 aliphatic rings. The first kappa shape index (κ1) is 16.1. The average molecular weight is 313 g/mol. The van der Waals surface area contributed by atoms with Gasteiger partial charge in [0.05, 0.1) is 19.8 Å². The molecule has 6 heteroatoms. The fourth-order valence-corrected chi connectivity index (χ4v) is 2.28. The summed E-state index contributed by atoms with van der Waals surface area (Å²) >= 11 is 5.89. The van der Waals surface area contributed by atoms with Gasteiger partial charge in [0.25, 0.3) is 0 Å². The van der Waals surface area contributed by atoms with Crippen LogP contribution in [0.15, 0.2) is 24.3 Å². The largest absolute Gasteiger partial charge is 0.492 e. The molecule has 0 bridgehead atoms. The van der Waals surface area contributed by atoms with Crippen molar-refractivity contribution in [2.45, 2.75) is 0 Å². The van der Waals surface area contributed by atoms with Crippen LogP contribution in [0.2, 0.25) is 5.02 Å². The van der Waals surface area contributed by atoms with Crippen LogP contribution >= 0.6 is 11.6 Å². The summed E-state index contributed by atoms with van der Waals surface area (Å²) in [6, 6.07) is 7.30. The van der Waals surface area contributed by atoms with Crippen molar-refractivity contribution < 1.29 is 14.3 Å². The van der Waals surface area contributed by atoms with Crippen LogP contribution in [0.4, 0.5) is 0 Å². The molecule has 0 spiro atoms. The molecule has 5 nitrogen and oxygen atoms in total. The quantitative estimate of drug-likeness (QED) is 0.798. The van der Waals surface area contributed by atoms with E-state index in [2.05, 4.69) is 0 Å². The smallest absolute Gasteiger partial charge is 0.236 e. The molecule has 1 saturated heterocycles. The SMILES string of the molecule is CN(CCOc1cccc(Cl)c1)CC(=O)N1CCOCC1. The summed E-state index contributed by atoms with van der Waals surface area (Å²) in [7, 11) is 1.92. The van der Waals surface area contributed by atoms with Gasteiger partial charge in [-0.25, -0.2) is 0 Å². The Morgan fingerprint density at radius 3 is 2.90 bits per heavy atom. The van der Waals surface area contributed by atoms with Gasteiger partial charge in [0.1, 0.15) is 12.4 Å². The Labute approximate surface area is 130 Å². The van der Waals surface area contributed by atoms with E-state index in [1.165, 1.54) is 0 Å². The monoisotopic (exact) mass is 312 g/mol. The summed E-state index contributed by atoms with van der Waals surface area (Å²) in [6.07, 6.45) is 0. The van der Waals surface area contributed by atoms with Crippen LogP contribution in [0.1, 0.15) is 0 Å². The Morgan fingerprint density at radius 1 is 1.43 bits per heavy atom.